The minimum absolute atomic E-state index is 0.449. The number of fused-ring (bicyclic) bond motifs is 1. The average Bonchev–Trinajstić information content (AvgIpc) is 2.62. The van der Waals surface area contributed by atoms with Crippen molar-refractivity contribution in [3.05, 3.63) is 77.4 Å². The van der Waals surface area contributed by atoms with Crippen molar-refractivity contribution in [2.75, 3.05) is 0 Å². The summed E-state index contributed by atoms with van der Waals surface area (Å²) in [6.45, 7) is 2.66. The van der Waals surface area contributed by atoms with Gasteiger partial charge in [0.1, 0.15) is 12.4 Å². The molecule has 0 heterocycles. The van der Waals surface area contributed by atoms with Gasteiger partial charge in [-0.2, -0.15) is 0 Å². The lowest BCUT2D eigenvalue weighted by Crippen LogP contribution is -1.96. The number of ether oxygens (including phenoxy) is 1. The summed E-state index contributed by atoms with van der Waals surface area (Å²) in [5.41, 5.74) is 2.44. The highest BCUT2D eigenvalue weighted by Gasteiger charge is 2.05. The highest BCUT2D eigenvalue weighted by atomic mass is 19.2. The molecule has 25 heavy (non-hydrogen) atoms. The van der Waals surface area contributed by atoms with E-state index in [2.05, 4.69) is 31.2 Å². The number of halogens is 2. The molecule has 0 bridgehead atoms. The SMILES string of the molecule is CCCCCc1ccc(COc2ccc3cc(F)c(F)cc3c2)cc1. The number of unbranched alkanes of at least 4 members (excludes halogenated alkanes) is 2. The Bertz CT molecular complexity index is 841. The van der Waals surface area contributed by atoms with Crippen LogP contribution in [0, 0.1) is 11.6 Å². The molecule has 0 aromatic heterocycles. The minimum Gasteiger partial charge on any atom is -0.489 e. The molecule has 3 rings (SSSR count). The zero-order chi connectivity index (χ0) is 17.6. The van der Waals surface area contributed by atoms with Crippen LogP contribution in [0.25, 0.3) is 10.8 Å². The molecule has 0 aliphatic heterocycles. The van der Waals surface area contributed by atoms with E-state index in [0.29, 0.717) is 23.1 Å². The molecule has 3 aromatic rings. The Kier molecular flexibility index (Phi) is 5.64. The van der Waals surface area contributed by atoms with E-state index in [-0.39, 0.29) is 0 Å². The molecule has 3 heteroatoms. The summed E-state index contributed by atoms with van der Waals surface area (Å²) in [6.07, 6.45) is 4.83. The van der Waals surface area contributed by atoms with Crippen LogP contribution >= 0.6 is 0 Å². The molecule has 0 radical (unpaired) electrons. The molecule has 0 fully saturated rings. The Morgan fingerprint density at radius 3 is 2.16 bits per heavy atom. The lowest BCUT2D eigenvalue weighted by Gasteiger charge is -2.09. The second kappa shape index (κ2) is 8.11. The first-order valence-corrected chi connectivity index (χ1v) is 8.75. The second-order valence-corrected chi connectivity index (χ2v) is 6.34. The third-order valence-corrected chi connectivity index (χ3v) is 4.35. The van der Waals surface area contributed by atoms with Crippen LogP contribution < -0.4 is 4.74 Å². The molecule has 0 amide bonds. The summed E-state index contributed by atoms with van der Waals surface area (Å²) >= 11 is 0. The van der Waals surface area contributed by atoms with Crippen molar-refractivity contribution in [2.24, 2.45) is 0 Å². The van der Waals surface area contributed by atoms with Crippen LogP contribution in [0.15, 0.2) is 54.6 Å². The van der Waals surface area contributed by atoms with E-state index in [9.17, 15) is 8.78 Å². The third kappa shape index (κ3) is 4.56. The number of benzene rings is 3. The van der Waals surface area contributed by atoms with Gasteiger partial charge in [0.05, 0.1) is 0 Å². The van der Waals surface area contributed by atoms with Crippen molar-refractivity contribution in [1.29, 1.82) is 0 Å². The number of rotatable bonds is 7. The Balaban J connectivity index is 1.63. The highest BCUT2D eigenvalue weighted by Crippen LogP contribution is 2.24. The summed E-state index contributed by atoms with van der Waals surface area (Å²) in [4.78, 5) is 0. The molecule has 0 unspecified atom stereocenters. The zero-order valence-electron chi connectivity index (χ0n) is 14.4. The molecule has 1 nitrogen and oxygen atoms in total. The Morgan fingerprint density at radius 2 is 1.44 bits per heavy atom. The van der Waals surface area contributed by atoms with Gasteiger partial charge in [0.15, 0.2) is 11.6 Å². The first-order chi connectivity index (χ1) is 12.2. The molecular formula is C22H22F2O. The standard InChI is InChI=1S/C22H22F2O/c1-2-3-4-5-16-6-8-17(9-7-16)15-25-20-11-10-18-13-21(23)22(24)14-19(18)12-20/h6-14H,2-5,15H2,1H3. The lowest BCUT2D eigenvalue weighted by molar-refractivity contribution is 0.306. The first-order valence-electron chi connectivity index (χ1n) is 8.75. The summed E-state index contributed by atoms with van der Waals surface area (Å²) < 4.78 is 32.4. The fraction of sp³-hybridized carbons (Fsp3) is 0.273. The monoisotopic (exact) mass is 340 g/mol. The van der Waals surface area contributed by atoms with Gasteiger partial charge in [0, 0.05) is 0 Å². The summed E-state index contributed by atoms with van der Waals surface area (Å²) in [5.74, 6) is -1.03. The van der Waals surface area contributed by atoms with E-state index in [1.807, 2.05) is 0 Å². The van der Waals surface area contributed by atoms with E-state index in [1.54, 1.807) is 18.2 Å². The quantitative estimate of drug-likeness (QED) is 0.450. The summed E-state index contributed by atoms with van der Waals surface area (Å²) in [7, 11) is 0. The van der Waals surface area contributed by atoms with E-state index < -0.39 is 11.6 Å². The normalized spacial score (nSPS) is 11.0. The van der Waals surface area contributed by atoms with Crippen molar-refractivity contribution in [2.45, 2.75) is 39.2 Å². The second-order valence-electron chi connectivity index (χ2n) is 6.34. The maximum Gasteiger partial charge on any atom is 0.159 e. The van der Waals surface area contributed by atoms with Crippen LogP contribution in [-0.2, 0) is 13.0 Å². The fourth-order valence-corrected chi connectivity index (χ4v) is 2.86. The van der Waals surface area contributed by atoms with Gasteiger partial charge in [0.25, 0.3) is 0 Å². The minimum atomic E-state index is -0.844. The molecule has 0 aliphatic rings. The van der Waals surface area contributed by atoms with Crippen LogP contribution in [-0.4, -0.2) is 0 Å². The number of hydrogen-bond donors (Lipinski definition) is 0. The highest BCUT2D eigenvalue weighted by molar-refractivity contribution is 5.84. The number of aryl methyl sites for hydroxylation is 1. The average molecular weight is 340 g/mol. The topological polar surface area (TPSA) is 9.23 Å². The molecule has 130 valence electrons. The largest absolute Gasteiger partial charge is 0.489 e. The fourth-order valence-electron chi connectivity index (χ4n) is 2.86. The number of hydrogen-bond acceptors (Lipinski definition) is 1. The predicted molar refractivity (Wildman–Crippen MR) is 97.9 cm³/mol. The molecular weight excluding hydrogens is 318 g/mol. The van der Waals surface area contributed by atoms with Gasteiger partial charge in [-0.05, 0) is 59.0 Å². The molecule has 3 aromatic carbocycles. The third-order valence-electron chi connectivity index (χ3n) is 4.35. The van der Waals surface area contributed by atoms with Gasteiger partial charge in [0.2, 0.25) is 0 Å². The van der Waals surface area contributed by atoms with E-state index >= 15 is 0 Å². The van der Waals surface area contributed by atoms with Crippen molar-refractivity contribution in [1.82, 2.24) is 0 Å². The van der Waals surface area contributed by atoms with Crippen molar-refractivity contribution in [3.63, 3.8) is 0 Å². The smallest absolute Gasteiger partial charge is 0.159 e. The van der Waals surface area contributed by atoms with Gasteiger partial charge in [-0.25, -0.2) is 8.78 Å². The van der Waals surface area contributed by atoms with Gasteiger partial charge in [-0.1, -0.05) is 50.1 Å². The van der Waals surface area contributed by atoms with Crippen molar-refractivity contribution in [3.8, 4) is 5.75 Å². The Morgan fingerprint density at radius 1 is 0.760 bits per heavy atom. The molecule has 0 spiro atoms. The summed E-state index contributed by atoms with van der Waals surface area (Å²) in [5, 5.41) is 1.28. The van der Waals surface area contributed by atoms with Crippen LogP contribution in [0.5, 0.6) is 5.75 Å². The van der Waals surface area contributed by atoms with Crippen LogP contribution in [0.2, 0.25) is 0 Å². The van der Waals surface area contributed by atoms with Crippen molar-refractivity contribution < 1.29 is 13.5 Å². The maximum atomic E-state index is 13.4. The summed E-state index contributed by atoms with van der Waals surface area (Å²) in [6, 6.07) is 16.1. The Hall–Kier alpha value is -2.42. The first kappa shape index (κ1) is 17.4. The van der Waals surface area contributed by atoms with Crippen molar-refractivity contribution >= 4 is 10.8 Å². The Labute approximate surface area is 147 Å². The van der Waals surface area contributed by atoms with Gasteiger partial charge < -0.3 is 4.74 Å². The molecule has 0 aliphatic carbocycles. The van der Waals surface area contributed by atoms with Gasteiger partial charge >= 0.3 is 0 Å². The van der Waals surface area contributed by atoms with E-state index in [4.69, 9.17) is 4.74 Å². The lowest BCUT2D eigenvalue weighted by atomic mass is 10.1. The van der Waals surface area contributed by atoms with Gasteiger partial charge in [-0.3, -0.25) is 0 Å². The maximum absolute atomic E-state index is 13.4. The zero-order valence-corrected chi connectivity index (χ0v) is 14.4. The molecule has 0 saturated carbocycles. The van der Waals surface area contributed by atoms with Gasteiger partial charge in [-0.15, -0.1) is 0 Å². The molecule has 0 N–H and O–H groups in total. The van der Waals surface area contributed by atoms with Crippen LogP contribution in [0.4, 0.5) is 8.78 Å². The van der Waals surface area contributed by atoms with Crippen LogP contribution in [0.3, 0.4) is 0 Å². The van der Waals surface area contributed by atoms with Crippen LogP contribution in [0.1, 0.15) is 37.3 Å². The molecule has 0 saturated heterocycles. The van der Waals surface area contributed by atoms with E-state index in [0.717, 1.165) is 12.0 Å². The van der Waals surface area contributed by atoms with E-state index in [1.165, 1.54) is 37.0 Å². The molecule has 0 atom stereocenters. The predicted octanol–water partition coefficient (Wildman–Crippen LogP) is 6.43.